The number of nitrogens with zero attached hydrogens (tertiary/aromatic N) is 1. The predicted molar refractivity (Wildman–Crippen MR) is 78.7 cm³/mol. The highest BCUT2D eigenvalue weighted by Crippen LogP contribution is 2.28. The molecule has 0 atom stereocenters. The van der Waals surface area contributed by atoms with Gasteiger partial charge in [0.1, 0.15) is 5.82 Å². The SMILES string of the molecule is O=C(O)CCN(C(=O)CCSc1ccccc1F)C1CC1. The number of amides is 1. The van der Waals surface area contributed by atoms with E-state index in [1.807, 2.05) is 0 Å². The van der Waals surface area contributed by atoms with Crippen LogP contribution < -0.4 is 0 Å². The van der Waals surface area contributed by atoms with Crippen LogP contribution in [0.3, 0.4) is 0 Å². The van der Waals surface area contributed by atoms with Gasteiger partial charge in [0, 0.05) is 29.7 Å². The molecule has 0 aromatic heterocycles. The van der Waals surface area contributed by atoms with E-state index in [4.69, 9.17) is 5.11 Å². The summed E-state index contributed by atoms with van der Waals surface area (Å²) in [5.74, 6) is -0.715. The molecule has 0 radical (unpaired) electrons. The molecule has 0 aliphatic heterocycles. The predicted octanol–water partition coefficient (Wildman–Crippen LogP) is 2.77. The molecule has 21 heavy (non-hydrogen) atoms. The molecule has 1 saturated carbocycles. The van der Waals surface area contributed by atoms with Gasteiger partial charge in [-0.25, -0.2) is 4.39 Å². The lowest BCUT2D eigenvalue weighted by molar-refractivity contribution is -0.138. The van der Waals surface area contributed by atoms with Crippen LogP contribution in [0.4, 0.5) is 4.39 Å². The van der Waals surface area contributed by atoms with E-state index >= 15 is 0 Å². The van der Waals surface area contributed by atoms with Crippen LogP contribution in [-0.2, 0) is 9.59 Å². The molecular weight excluding hydrogens is 293 g/mol. The van der Waals surface area contributed by atoms with Crippen LogP contribution in [0.2, 0.25) is 0 Å². The van der Waals surface area contributed by atoms with Crippen molar-refractivity contribution in [2.45, 2.75) is 36.6 Å². The van der Waals surface area contributed by atoms with Gasteiger partial charge in [-0.2, -0.15) is 0 Å². The van der Waals surface area contributed by atoms with Gasteiger partial charge in [0.2, 0.25) is 5.91 Å². The van der Waals surface area contributed by atoms with Crippen molar-refractivity contribution < 1.29 is 19.1 Å². The molecule has 4 nitrogen and oxygen atoms in total. The molecule has 0 unspecified atom stereocenters. The van der Waals surface area contributed by atoms with Crippen molar-refractivity contribution >= 4 is 23.6 Å². The minimum atomic E-state index is -0.894. The molecule has 0 spiro atoms. The molecule has 1 N–H and O–H groups in total. The molecule has 0 saturated heterocycles. The van der Waals surface area contributed by atoms with Crippen LogP contribution in [-0.4, -0.2) is 40.2 Å². The average Bonchev–Trinajstić information content (AvgIpc) is 3.25. The van der Waals surface area contributed by atoms with E-state index in [1.165, 1.54) is 17.8 Å². The summed E-state index contributed by atoms with van der Waals surface area (Å²) in [5.41, 5.74) is 0. The molecule has 1 aromatic carbocycles. The number of halogens is 1. The van der Waals surface area contributed by atoms with Crippen molar-refractivity contribution in [2.75, 3.05) is 12.3 Å². The quantitative estimate of drug-likeness (QED) is 0.750. The first kappa shape index (κ1) is 15.8. The molecule has 1 amide bonds. The fourth-order valence-corrected chi connectivity index (χ4v) is 2.94. The van der Waals surface area contributed by atoms with Crippen LogP contribution in [0.1, 0.15) is 25.7 Å². The molecule has 1 aliphatic carbocycles. The third kappa shape index (κ3) is 5.04. The van der Waals surface area contributed by atoms with Gasteiger partial charge in [0.25, 0.3) is 0 Å². The first-order chi connectivity index (χ1) is 10.1. The molecule has 114 valence electrons. The van der Waals surface area contributed by atoms with Crippen LogP contribution in [0.15, 0.2) is 29.2 Å². The maximum Gasteiger partial charge on any atom is 0.305 e. The van der Waals surface area contributed by atoms with Crippen molar-refractivity contribution in [1.29, 1.82) is 0 Å². The number of carbonyl (C=O) groups excluding carboxylic acids is 1. The zero-order chi connectivity index (χ0) is 15.2. The third-order valence-corrected chi connectivity index (χ3v) is 4.34. The van der Waals surface area contributed by atoms with Crippen LogP contribution >= 0.6 is 11.8 Å². The second-order valence-corrected chi connectivity index (χ2v) is 6.13. The first-order valence-corrected chi connectivity index (χ1v) is 7.95. The standard InChI is InChI=1S/C15H18FNO3S/c16-12-3-1-2-4-13(12)21-10-8-14(18)17(11-5-6-11)9-7-15(19)20/h1-4,11H,5-10H2,(H,19,20). The van der Waals surface area contributed by atoms with Gasteiger partial charge < -0.3 is 10.0 Å². The fraction of sp³-hybridized carbons (Fsp3) is 0.467. The Hall–Kier alpha value is -1.56. The van der Waals surface area contributed by atoms with E-state index in [1.54, 1.807) is 23.1 Å². The highest BCUT2D eigenvalue weighted by atomic mass is 32.2. The van der Waals surface area contributed by atoms with Crippen molar-refractivity contribution in [2.24, 2.45) is 0 Å². The molecule has 1 aliphatic rings. The number of carboxylic acid groups (broad SMARTS) is 1. The second kappa shape index (κ2) is 7.45. The number of hydrogen-bond acceptors (Lipinski definition) is 3. The van der Waals surface area contributed by atoms with Gasteiger partial charge in [0.05, 0.1) is 6.42 Å². The third-order valence-electron chi connectivity index (χ3n) is 3.28. The van der Waals surface area contributed by atoms with E-state index in [-0.39, 0.29) is 30.7 Å². The molecule has 2 rings (SSSR count). The Morgan fingerprint density at radius 3 is 2.62 bits per heavy atom. The summed E-state index contributed by atoms with van der Waals surface area (Å²) in [5, 5.41) is 8.72. The lowest BCUT2D eigenvalue weighted by Gasteiger charge is -2.21. The van der Waals surface area contributed by atoms with Gasteiger partial charge in [-0.1, -0.05) is 12.1 Å². The van der Waals surface area contributed by atoms with Crippen molar-refractivity contribution in [3.05, 3.63) is 30.1 Å². The summed E-state index contributed by atoms with van der Waals surface area (Å²) >= 11 is 1.31. The summed E-state index contributed by atoms with van der Waals surface area (Å²) in [6.45, 7) is 0.267. The second-order valence-electron chi connectivity index (χ2n) is 4.99. The summed E-state index contributed by atoms with van der Waals surface area (Å²) in [6, 6.07) is 6.68. The fourth-order valence-electron chi connectivity index (χ4n) is 2.07. The van der Waals surface area contributed by atoms with Crippen LogP contribution in [0.25, 0.3) is 0 Å². The molecule has 0 bridgehead atoms. The summed E-state index contributed by atoms with van der Waals surface area (Å²) in [6.07, 6.45) is 2.18. The normalized spacial score (nSPS) is 14.0. The number of benzene rings is 1. The van der Waals surface area contributed by atoms with E-state index in [2.05, 4.69) is 0 Å². The smallest absolute Gasteiger partial charge is 0.305 e. The van der Waals surface area contributed by atoms with Crippen molar-refractivity contribution in [3.63, 3.8) is 0 Å². The first-order valence-electron chi connectivity index (χ1n) is 6.96. The molecule has 1 fully saturated rings. The lowest BCUT2D eigenvalue weighted by Crippen LogP contribution is -2.35. The number of carboxylic acids is 1. The van der Waals surface area contributed by atoms with Gasteiger partial charge in [-0.15, -0.1) is 11.8 Å². The van der Waals surface area contributed by atoms with Crippen molar-refractivity contribution in [1.82, 2.24) is 4.90 Å². The summed E-state index contributed by atoms with van der Waals surface area (Å²) in [4.78, 5) is 25.0. The Bertz CT molecular complexity index is 519. The monoisotopic (exact) mass is 311 g/mol. The van der Waals surface area contributed by atoms with Crippen molar-refractivity contribution in [3.8, 4) is 0 Å². The number of carbonyl (C=O) groups is 2. The van der Waals surface area contributed by atoms with E-state index in [0.29, 0.717) is 17.1 Å². The zero-order valence-electron chi connectivity index (χ0n) is 11.6. The number of thioether (sulfide) groups is 1. The zero-order valence-corrected chi connectivity index (χ0v) is 12.4. The maximum absolute atomic E-state index is 13.4. The summed E-state index contributed by atoms with van der Waals surface area (Å²) < 4.78 is 13.4. The van der Waals surface area contributed by atoms with Crippen LogP contribution in [0.5, 0.6) is 0 Å². The lowest BCUT2D eigenvalue weighted by atomic mass is 10.3. The summed E-state index contributed by atoms with van der Waals surface area (Å²) in [7, 11) is 0. The van der Waals surface area contributed by atoms with Gasteiger partial charge in [-0.05, 0) is 25.0 Å². The van der Waals surface area contributed by atoms with E-state index < -0.39 is 5.97 Å². The Labute approximate surface area is 127 Å². The Morgan fingerprint density at radius 2 is 2.00 bits per heavy atom. The van der Waals surface area contributed by atoms with E-state index in [0.717, 1.165) is 12.8 Å². The molecule has 0 heterocycles. The Kier molecular flexibility index (Phi) is 5.61. The Morgan fingerprint density at radius 1 is 1.29 bits per heavy atom. The van der Waals surface area contributed by atoms with Gasteiger partial charge in [-0.3, -0.25) is 9.59 Å². The van der Waals surface area contributed by atoms with Gasteiger partial charge in [0.15, 0.2) is 0 Å². The number of rotatable bonds is 8. The van der Waals surface area contributed by atoms with Gasteiger partial charge >= 0.3 is 5.97 Å². The minimum Gasteiger partial charge on any atom is -0.481 e. The molecular formula is C15H18FNO3S. The molecule has 1 aromatic rings. The largest absolute Gasteiger partial charge is 0.481 e. The van der Waals surface area contributed by atoms with E-state index in [9.17, 15) is 14.0 Å². The number of hydrogen-bond donors (Lipinski definition) is 1. The highest BCUT2D eigenvalue weighted by Gasteiger charge is 2.32. The van der Waals surface area contributed by atoms with Crippen LogP contribution in [0, 0.1) is 5.82 Å². The topological polar surface area (TPSA) is 57.6 Å². The Balaban J connectivity index is 1.79. The minimum absolute atomic E-state index is 0.0251. The molecule has 6 heteroatoms. The highest BCUT2D eigenvalue weighted by molar-refractivity contribution is 7.99. The average molecular weight is 311 g/mol. The number of aliphatic carboxylic acids is 1. The maximum atomic E-state index is 13.4.